The standard InChI is InChI=1S/C16H16ClNO4S/c1-16(22,15(20)21)9-18-13(19)8-23-12-7-3-5-10-4-2-6-11(17)14(10)12/h2-7,22H,8-9H2,1H3,(H,18,19)(H,20,21). The molecule has 0 aliphatic carbocycles. The van der Waals surface area contributed by atoms with Gasteiger partial charge in [-0.3, -0.25) is 4.79 Å². The topological polar surface area (TPSA) is 86.6 Å². The van der Waals surface area contributed by atoms with Crippen LogP contribution < -0.4 is 5.32 Å². The van der Waals surface area contributed by atoms with E-state index in [4.69, 9.17) is 16.7 Å². The van der Waals surface area contributed by atoms with Crippen LogP contribution in [0.5, 0.6) is 0 Å². The summed E-state index contributed by atoms with van der Waals surface area (Å²) in [6.07, 6.45) is 0. The second-order valence-corrected chi connectivity index (χ2v) is 6.66. The molecule has 0 radical (unpaired) electrons. The molecule has 122 valence electrons. The molecular weight excluding hydrogens is 338 g/mol. The lowest BCUT2D eigenvalue weighted by atomic mass is 10.1. The Labute approximate surface area is 142 Å². The zero-order valence-corrected chi connectivity index (χ0v) is 13.9. The van der Waals surface area contributed by atoms with Crippen molar-refractivity contribution in [1.82, 2.24) is 5.32 Å². The quantitative estimate of drug-likeness (QED) is 0.695. The van der Waals surface area contributed by atoms with Crippen molar-refractivity contribution in [3.63, 3.8) is 0 Å². The van der Waals surface area contributed by atoms with E-state index < -0.39 is 11.6 Å². The normalized spacial score (nSPS) is 13.5. The molecule has 1 atom stereocenters. The Kier molecular flexibility index (Phi) is 5.51. The van der Waals surface area contributed by atoms with Crippen LogP contribution in [0.25, 0.3) is 10.8 Å². The van der Waals surface area contributed by atoms with Gasteiger partial charge in [0, 0.05) is 15.3 Å². The maximum absolute atomic E-state index is 11.8. The van der Waals surface area contributed by atoms with Crippen molar-refractivity contribution in [3.05, 3.63) is 41.4 Å². The summed E-state index contributed by atoms with van der Waals surface area (Å²) >= 11 is 7.53. The van der Waals surface area contributed by atoms with Gasteiger partial charge in [-0.2, -0.15) is 0 Å². The molecule has 0 bridgehead atoms. The number of aliphatic hydroxyl groups is 1. The first-order chi connectivity index (χ1) is 10.8. The smallest absolute Gasteiger partial charge is 0.337 e. The molecule has 23 heavy (non-hydrogen) atoms. The number of carboxylic acid groups (broad SMARTS) is 1. The first-order valence-corrected chi connectivity index (χ1v) is 8.20. The molecule has 7 heteroatoms. The van der Waals surface area contributed by atoms with Gasteiger partial charge in [-0.15, -0.1) is 11.8 Å². The third-order valence-electron chi connectivity index (χ3n) is 3.26. The summed E-state index contributed by atoms with van der Waals surface area (Å²) in [5.41, 5.74) is -1.98. The zero-order chi connectivity index (χ0) is 17.0. The van der Waals surface area contributed by atoms with Gasteiger partial charge in [-0.05, 0) is 24.4 Å². The number of rotatable bonds is 6. The third-order valence-corrected chi connectivity index (χ3v) is 4.64. The first-order valence-electron chi connectivity index (χ1n) is 6.84. The molecule has 0 aliphatic rings. The van der Waals surface area contributed by atoms with Crippen molar-refractivity contribution in [2.24, 2.45) is 0 Å². The number of thioether (sulfide) groups is 1. The largest absolute Gasteiger partial charge is 0.479 e. The fourth-order valence-electron chi connectivity index (χ4n) is 1.92. The molecule has 0 saturated heterocycles. The molecule has 0 heterocycles. The number of halogens is 1. The summed E-state index contributed by atoms with van der Waals surface area (Å²) < 4.78 is 0. The van der Waals surface area contributed by atoms with Crippen molar-refractivity contribution in [1.29, 1.82) is 0 Å². The molecule has 2 rings (SSSR count). The van der Waals surface area contributed by atoms with E-state index >= 15 is 0 Å². The van der Waals surface area contributed by atoms with Gasteiger partial charge in [0.1, 0.15) is 0 Å². The van der Waals surface area contributed by atoms with Crippen LogP contribution in [0.2, 0.25) is 5.02 Å². The highest BCUT2D eigenvalue weighted by Crippen LogP contribution is 2.33. The lowest BCUT2D eigenvalue weighted by molar-refractivity contribution is -0.156. The van der Waals surface area contributed by atoms with Crippen molar-refractivity contribution in [2.45, 2.75) is 17.4 Å². The van der Waals surface area contributed by atoms with E-state index in [-0.39, 0.29) is 18.2 Å². The average Bonchev–Trinajstić information content (AvgIpc) is 2.51. The molecule has 0 spiro atoms. The number of carbonyl (C=O) groups is 2. The predicted molar refractivity (Wildman–Crippen MR) is 91.0 cm³/mol. The van der Waals surface area contributed by atoms with E-state index in [1.54, 1.807) is 6.07 Å². The second kappa shape index (κ2) is 7.21. The van der Waals surface area contributed by atoms with Gasteiger partial charge in [-0.1, -0.05) is 35.9 Å². The van der Waals surface area contributed by atoms with Crippen LogP contribution in [-0.4, -0.2) is 40.0 Å². The summed E-state index contributed by atoms with van der Waals surface area (Å²) in [7, 11) is 0. The Morgan fingerprint density at radius 3 is 2.57 bits per heavy atom. The summed E-state index contributed by atoms with van der Waals surface area (Å²) in [4.78, 5) is 23.5. The lowest BCUT2D eigenvalue weighted by Crippen LogP contribution is -2.46. The summed E-state index contributed by atoms with van der Waals surface area (Å²) in [5, 5.41) is 23.2. The Morgan fingerprint density at radius 2 is 1.91 bits per heavy atom. The molecular formula is C16H16ClNO4S. The Bertz CT molecular complexity index is 743. The Morgan fingerprint density at radius 1 is 1.26 bits per heavy atom. The minimum absolute atomic E-state index is 0.0973. The van der Waals surface area contributed by atoms with E-state index in [1.807, 2.05) is 30.3 Å². The van der Waals surface area contributed by atoms with Crippen LogP contribution in [0.4, 0.5) is 0 Å². The van der Waals surface area contributed by atoms with E-state index in [2.05, 4.69) is 5.32 Å². The molecule has 1 unspecified atom stereocenters. The van der Waals surface area contributed by atoms with Gasteiger partial charge in [0.15, 0.2) is 5.60 Å². The third kappa shape index (κ3) is 4.37. The van der Waals surface area contributed by atoms with Gasteiger partial charge in [0.2, 0.25) is 5.91 Å². The highest BCUT2D eigenvalue weighted by molar-refractivity contribution is 8.00. The maximum Gasteiger partial charge on any atom is 0.337 e. The van der Waals surface area contributed by atoms with Crippen LogP contribution in [0.15, 0.2) is 41.3 Å². The van der Waals surface area contributed by atoms with E-state index in [0.29, 0.717) is 5.02 Å². The van der Waals surface area contributed by atoms with Crippen molar-refractivity contribution in [2.75, 3.05) is 12.3 Å². The molecule has 0 saturated carbocycles. The van der Waals surface area contributed by atoms with Gasteiger partial charge in [0.05, 0.1) is 12.3 Å². The summed E-state index contributed by atoms with van der Waals surface area (Å²) in [5.74, 6) is -1.65. The van der Waals surface area contributed by atoms with Crippen molar-refractivity contribution < 1.29 is 19.8 Å². The number of carboxylic acids is 1. The van der Waals surface area contributed by atoms with Crippen LogP contribution in [-0.2, 0) is 9.59 Å². The highest BCUT2D eigenvalue weighted by Gasteiger charge is 2.30. The molecule has 3 N–H and O–H groups in total. The molecule has 0 fully saturated rings. The lowest BCUT2D eigenvalue weighted by Gasteiger charge is -2.18. The average molecular weight is 354 g/mol. The number of hydrogen-bond acceptors (Lipinski definition) is 4. The van der Waals surface area contributed by atoms with Gasteiger partial charge >= 0.3 is 5.97 Å². The predicted octanol–water partition coefficient (Wildman–Crippen LogP) is 2.54. The summed E-state index contributed by atoms with van der Waals surface area (Å²) in [6, 6.07) is 11.3. The monoisotopic (exact) mass is 353 g/mol. The van der Waals surface area contributed by atoms with Crippen LogP contribution >= 0.6 is 23.4 Å². The Balaban J connectivity index is 2.02. The van der Waals surface area contributed by atoms with E-state index in [1.165, 1.54) is 11.8 Å². The maximum atomic E-state index is 11.8. The van der Waals surface area contributed by atoms with Crippen LogP contribution in [0.3, 0.4) is 0 Å². The number of carbonyl (C=O) groups excluding carboxylic acids is 1. The SMILES string of the molecule is CC(O)(CNC(=O)CSc1cccc2cccc(Cl)c12)C(=O)O. The van der Waals surface area contributed by atoms with E-state index in [9.17, 15) is 14.7 Å². The van der Waals surface area contributed by atoms with Gasteiger partial charge in [0.25, 0.3) is 0 Å². The number of amides is 1. The molecule has 2 aromatic rings. The first kappa shape index (κ1) is 17.6. The second-order valence-electron chi connectivity index (χ2n) is 5.24. The number of nitrogens with one attached hydrogen (secondary N) is 1. The molecule has 0 aromatic heterocycles. The Hall–Kier alpha value is -1.76. The summed E-state index contributed by atoms with van der Waals surface area (Å²) in [6.45, 7) is 0.783. The zero-order valence-electron chi connectivity index (χ0n) is 12.4. The van der Waals surface area contributed by atoms with Crippen molar-refractivity contribution >= 4 is 46.0 Å². The number of benzene rings is 2. The molecule has 1 amide bonds. The van der Waals surface area contributed by atoms with Crippen molar-refractivity contribution in [3.8, 4) is 0 Å². The minimum atomic E-state index is -1.98. The fourth-order valence-corrected chi connectivity index (χ4v) is 3.20. The molecule has 2 aromatic carbocycles. The van der Waals surface area contributed by atoms with Gasteiger partial charge < -0.3 is 15.5 Å². The fraction of sp³-hybridized carbons (Fsp3) is 0.250. The van der Waals surface area contributed by atoms with E-state index in [0.717, 1.165) is 22.6 Å². The number of fused-ring (bicyclic) bond motifs is 1. The number of hydrogen-bond donors (Lipinski definition) is 3. The van der Waals surface area contributed by atoms with Crippen LogP contribution in [0, 0.1) is 0 Å². The van der Waals surface area contributed by atoms with Gasteiger partial charge in [-0.25, -0.2) is 4.79 Å². The highest BCUT2D eigenvalue weighted by atomic mass is 35.5. The number of aliphatic carboxylic acids is 1. The molecule has 5 nitrogen and oxygen atoms in total. The van der Waals surface area contributed by atoms with Crippen LogP contribution in [0.1, 0.15) is 6.92 Å². The minimum Gasteiger partial charge on any atom is -0.479 e. The molecule has 0 aliphatic heterocycles.